The van der Waals surface area contributed by atoms with E-state index in [4.69, 9.17) is 0 Å². The van der Waals surface area contributed by atoms with Crippen molar-refractivity contribution in [1.29, 1.82) is 0 Å². The Morgan fingerprint density at radius 2 is 1.96 bits per heavy atom. The normalized spacial score (nSPS) is 10.4. The minimum absolute atomic E-state index is 0.192. The molecule has 1 aromatic heterocycles. The third-order valence-electron chi connectivity index (χ3n) is 3.47. The summed E-state index contributed by atoms with van der Waals surface area (Å²) in [6.45, 7) is 5.10. The zero-order valence-corrected chi connectivity index (χ0v) is 14.6. The van der Waals surface area contributed by atoms with Crippen LogP contribution in [0.1, 0.15) is 41.1 Å². The fourth-order valence-electron chi connectivity index (χ4n) is 2.07. The molecule has 2 rings (SSSR count). The number of benzene rings is 1. The van der Waals surface area contributed by atoms with Crippen molar-refractivity contribution in [3.63, 3.8) is 0 Å². The van der Waals surface area contributed by atoms with Gasteiger partial charge in [0.25, 0.3) is 5.91 Å². The summed E-state index contributed by atoms with van der Waals surface area (Å²) in [5, 5.41) is 13.8. The first kappa shape index (κ1) is 18.4. The number of esters is 1. The third kappa shape index (κ3) is 5.56. The Labute approximate surface area is 146 Å². The fraction of sp³-hybridized carbons (Fsp3) is 0.333. The van der Waals surface area contributed by atoms with E-state index < -0.39 is 11.9 Å². The van der Waals surface area contributed by atoms with Gasteiger partial charge in [-0.1, -0.05) is 19.9 Å². The maximum absolute atomic E-state index is 12.2. The second-order valence-corrected chi connectivity index (χ2v) is 5.94. The number of aromatic nitrogens is 2. The third-order valence-corrected chi connectivity index (χ3v) is 3.47. The van der Waals surface area contributed by atoms with Crippen LogP contribution in [0.3, 0.4) is 0 Å². The zero-order valence-electron chi connectivity index (χ0n) is 14.6. The number of ether oxygens (including phenoxy) is 1. The van der Waals surface area contributed by atoms with Crippen molar-refractivity contribution in [1.82, 2.24) is 10.2 Å². The van der Waals surface area contributed by atoms with Gasteiger partial charge in [-0.25, -0.2) is 4.79 Å². The molecule has 0 saturated heterocycles. The number of hydrogen-bond donors (Lipinski definition) is 2. The van der Waals surface area contributed by atoms with Crippen molar-refractivity contribution in [2.75, 3.05) is 24.3 Å². The minimum Gasteiger partial charge on any atom is -0.465 e. The van der Waals surface area contributed by atoms with Gasteiger partial charge in [0, 0.05) is 12.2 Å². The van der Waals surface area contributed by atoms with E-state index in [1.165, 1.54) is 7.11 Å². The number of nitrogens with one attached hydrogen (secondary N) is 2. The van der Waals surface area contributed by atoms with Crippen molar-refractivity contribution in [3.05, 3.63) is 47.7 Å². The summed E-state index contributed by atoms with van der Waals surface area (Å²) in [7, 11) is 1.31. The number of nitrogens with zero attached hydrogens (tertiary/aromatic N) is 2. The van der Waals surface area contributed by atoms with Crippen LogP contribution >= 0.6 is 0 Å². The van der Waals surface area contributed by atoms with Crippen molar-refractivity contribution in [2.24, 2.45) is 5.92 Å². The summed E-state index contributed by atoms with van der Waals surface area (Å²) in [6, 6.07) is 9.81. The molecule has 1 aromatic carbocycles. The molecule has 0 radical (unpaired) electrons. The molecular formula is C18H22N4O3. The van der Waals surface area contributed by atoms with Crippen LogP contribution in [0.5, 0.6) is 0 Å². The number of hydrogen-bond acceptors (Lipinski definition) is 6. The van der Waals surface area contributed by atoms with E-state index >= 15 is 0 Å². The van der Waals surface area contributed by atoms with Gasteiger partial charge in [0.15, 0.2) is 5.69 Å². The lowest BCUT2D eigenvalue weighted by molar-refractivity contribution is 0.0600. The maximum Gasteiger partial charge on any atom is 0.337 e. The number of methoxy groups -OCH3 is 1. The molecule has 0 saturated carbocycles. The van der Waals surface area contributed by atoms with E-state index in [1.807, 2.05) is 0 Å². The molecule has 0 aliphatic heterocycles. The van der Waals surface area contributed by atoms with E-state index in [2.05, 4.69) is 39.4 Å². The van der Waals surface area contributed by atoms with Gasteiger partial charge in [-0.3, -0.25) is 4.79 Å². The predicted octanol–water partition coefficient (Wildman–Crippen LogP) is 2.97. The Morgan fingerprint density at radius 1 is 1.16 bits per heavy atom. The lowest BCUT2D eigenvalue weighted by Crippen LogP contribution is -2.15. The van der Waals surface area contributed by atoms with Gasteiger partial charge >= 0.3 is 5.97 Å². The van der Waals surface area contributed by atoms with E-state index in [0.29, 0.717) is 23.0 Å². The van der Waals surface area contributed by atoms with E-state index in [1.54, 1.807) is 36.4 Å². The van der Waals surface area contributed by atoms with Gasteiger partial charge in [-0.2, -0.15) is 0 Å². The highest BCUT2D eigenvalue weighted by atomic mass is 16.5. The lowest BCUT2D eigenvalue weighted by Gasteiger charge is -2.08. The molecule has 0 atom stereocenters. The van der Waals surface area contributed by atoms with E-state index in [0.717, 1.165) is 13.0 Å². The van der Waals surface area contributed by atoms with Crippen molar-refractivity contribution < 1.29 is 14.3 Å². The molecule has 25 heavy (non-hydrogen) atoms. The molecule has 0 aliphatic carbocycles. The SMILES string of the molecule is COC(=O)c1cccc(NC(=O)c2ccc(NCCC(C)C)nn2)c1. The number of amides is 1. The highest BCUT2D eigenvalue weighted by molar-refractivity contribution is 6.03. The van der Waals surface area contributed by atoms with Crippen LogP contribution in [0.2, 0.25) is 0 Å². The molecule has 132 valence electrons. The second kappa shape index (κ2) is 8.77. The number of carbonyl (C=O) groups is 2. The van der Waals surface area contributed by atoms with Crippen molar-refractivity contribution in [2.45, 2.75) is 20.3 Å². The Kier molecular flexibility index (Phi) is 6.45. The molecule has 2 aromatic rings. The highest BCUT2D eigenvalue weighted by Crippen LogP contribution is 2.13. The van der Waals surface area contributed by atoms with Crippen molar-refractivity contribution >= 4 is 23.4 Å². The van der Waals surface area contributed by atoms with E-state index in [9.17, 15) is 9.59 Å². The molecular weight excluding hydrogens is 320 g/mol. The topological polar surface area (TPSA) is 93.2 Å². The standard InChI is InChI=1S/C18H22N4O3/c1-12(2)9-10-19-16-8-7-15(21-22-16)17(23)20-14-6-4-5-13(11-14)18(24)25-3/h4-8,11-12H,9-10H2,1-3H3,(H,19,22)(H,20,23). The molecule has 0 bridgehead atoms. The minimum atomic E-state index is -0.465. The smallest absolute Gasteiger partial charge is 0.337 e. The molecule has 0 unspecified atom stereocenters. The summed E-state index contributed by atoms with van der Waals surface area (Å²) >= 11 is 0. The van der Waals surface area contributed by atoms with Crippen LogP contribution in [0.4, 0.5) is 11.5 Å². The van der Waals surface area contributed by atoms with Gasteiger partial charge < -0.3 is 15.4 Å². The van der Waals surface area contributed by atoms with Crippen LogP contribution in [0, 0.1) is 5.92 Å². The molecule has 1 amide bonds. The summed E-state index contributed by atoms with van der Waals surface area (Å²) in [5.74, 6) is 0.368. The number of rotatable bonds is 7. The molecule has 0 spiro atoms. The average molecular weight is 342 g/mol. The summed E-state index contributed by atoms with van der Waals surface area (Å²) in [4.78, 5) is 23.8. The second-order valence-electron chi connectivity index (χ2n) is 5.94. The van der Waals surface area contributed by atoms with Crippen LogP contribution < -0.4 is 10.6 Å². The largest absolute Gasteiger partial charge is 0.465 e. The van der Waals surface area contributed by atoms with Gasteiger partial charge in [-0.15, -0.1) is 10.2 Å². The highest BCUT2D eigenvalue weighted by Gasteiger charge is 2.11. The summed E-state index contributed by atoms with van der Waals surface area (Å²) in [5.41, 5.74) is 1.03. The zero-order chi connectivity index (χ0) is 18.2. The van der Waals surface area contributed by atoms with Crippen LogP contribution in [-0.4, -0.2) is 35.7 Å². The Bertz CT molecular complexity index is 729. The predicted molar refractivity (Wildman–Crippen MR) is 95.7 cm³/mol. The number of carbonyl (C=O) groups excluding carboxylic acids is 2. The molecule has 1 heterocycles. The van der Waals surface area contributed by atoms with Crippen LogP contribution in [-0.2, 0) is 4.74 Å². The van der Waals surface area contributed by atoms with Gasteiger partial charge in [-0.05, 0) is 42.7 Å². The Balaban J connectivity index is 1.98. The first-order valence-electron chi connectivity index (χ1n) is 8.07. The quantitative estimate of drug-likeness (QED) is 0.752. The van der Waals surface area contributed by atoms with Gasteiger partial charge in [0.2, 0.25) is 0 Å². The van der Waals surface area contributed by atoms with Crippen molar-refractivity contribution in [3.8, 4) is 0 Å². The molecule has 0 fully saturated rings. The molecule has 0 aliphatic rings. The lowest BCUT2D eigenvalue weighted by atomic mass is 10.1. The molecule has 2 N–H and O–H groups in total. The van der Waals surface area contributed by atoms with Crippen LogP contribution in [0.15, 0.2) is 36.4 Å². The molecule has 7 heteroatoms. The Hall–Kier alpha value is -2.96. The van der Waals surface area contributed by atoms with Gasteiger partial charge in [0.1, 0.15) is 5.82 Å². The first-order valence-corrected chi connectivity index (χ1v) is 8.07. The first-order chi connectivity index (χ1) is 12.0. The average Bonchev–Trinajstić information content (AvgIpc) is 2.61. The Morgan fingerprint density at radius 3 is 2.60 bits per heavy atom. The fourth-order valence-corrected chi connectivity index (χ4v) is 2.07. The maximum atomic E-state index is 12.2. The monoisotopic (exact) mass is 342 g/mol. The summed E-state index contributed by atoms with van der Waals surface area (Å²) < 4.78 is 4.66. The van der Waals surface area contributed by atoms with E-state index in [-0.39, 0.29) is 5.69 Å². The molecule has 7 nitrogen and oxygen atoms in total. The summed E-state index contributed by atoms with van der Waals surface area (Å²) in [6.07, 6.45) is 1.03. The number of anilines is 2. The van der Waals surface area contributed by atoms with Crippen LogP contribution in [0.25, 0.3) is 0 Å². The van der Waals surface area contributed by atoms with Gasteiger partial charge in [0.05, 0.1) is 12.7 Å².